The summed E-state index contributed by atoms with van der Waals surface area (Å²) in [5, 5.41) is 0.778. The monoisotopic (exact) mass is 504 g/mol. The van der Waals surface area contributed by atoms with Gasteiger partial charge in [0.05, 0.1) is 12.4 Å². The fraction of sp³-hybridized carbons (Fsp3) is 0.556. The maximum atomic E-state index is 12.0. The number of halogens is 1. The van der Waals surface area contributed by atoms with Crippen molar-refractivity contribution >= 4 is 21.4 Å². The van der Waals surface area contributed by atoms with E-state index < -0.39 is 9.84 Å². The average Bonchev–Trinajstić information content (AvgIpc) is 2.77. The lowest BCUT2D eigenvalue weighted by Gasteiger charge is -2.54. The molecule has 4 rings (SSSR count). The summed E-state index contributed by atoms with van der Waals surface area (Å²) < 4.78 is 30.1. The predicted molar refractivity (Wildman–Crippen MR) is 140 cm³/mol. The molecule has 5 nitrogen and oxygen atoms in total. The SMILES string of the molecule is CCCS(=O)(=O)CCCOc1ccc2c(c1)C(C1(c3cccc(Cl)c3)CCC1)N(CCN)CC2. The highest BCUT2D eigenvalue weighted by Gasteiger charge is 2.50. The van der Waals surface area contributed by atoms with Gasteiger partial charge in [0, 0.05) is 41.9 Å². The first-order valence-electron chi connectivity index (χ1n) is 12.5. The van der Waals surface area contributed by atoms with E-state index in [1.807, 2.05) is 19.1 Å². The second kappa shape index (κ2) is 11.0. The van der Waals surface area contributed by atoms with Gasteiger partial charge in [0.1, 0.15) is 15.6 Å². The van der Waals surface area contributed by atoms with Gasteiger partial charge < -0.3 is 10.5 Å². The van der Waals surface area contributed by atoms with Gasteiger partial charge in [-0.05, 0) is 73.1 Å². The summed E-state index contributed by atoms with van der Waals surface area (Å²) in [6.07, 6.45) is 5.61. The summed E-state index contributed by atoms with van der Waals surface area (Å²) in [6, 6.07) is 15.0. The van der Waals surface area contributed by atoms with Crippen LogP contribution in [0.3, 0.4) is 0 Å². The van der Waals surface area contributed by atoms with Crippen LogP contribution in [0.25, 0.3) is 0 Å². The van der Waals surface area contributed by atoms with Crippen LogP contribution in [-0.2, 0) is 21.7 Å². The van der Waals surface area contributed by atoms with Crippen LogP contribution >= 0.6 is 11.6 Å². The van der Waals surface area contributed by atoms with Gasteiger partial charge in [-0.15, -0.1) is 0 Å². The highest BCUT2D eigenvalue weighted by Crippen LogP contribution is 2.56. The molecule has 2 N–H and O–H groups in total. The number of rotatable bonds is 11. The molecule has 1 saturated carbocycles. The molecule has 186 valence electrons. The summed E-state index contributed by atoms with van der Waals surface area (Å²) in [7, 11) is -2.98. The predicted octanol–water partition coefficient (Wildman–Crippen LogP) is 4.91. The number of ether oxygens (including phenoxy) is 1. The zero-order valence-corrected chi connectivity index (χ0v) is 21.7. The quantitative estimate of drug-likeness (QED) is 0.440. The van der Waals surface area contributed by atoms with Gasteiger partial charge in [-0.3, -0.25) is 4.90 Å². The van der Waals surface area contributed by atoms with E-state index in [-0.39, 0.29) is 23.0 Å². The molecule has 0 spiro atoms. The summed E-state index contributed by atoms with van der Waals surface area (Å²) in [6.45, 7) is 4.77. The normalized spacial score (nSPS) is 19.9. The van der Waals surface area contributed by atoms with E-state index in [0.717, 1.165) is 43.1 Å². The summed E-state index contributed by atoms with van der Waals surface area (Å²) in [5.74, 6) is 1.24. The standard InChI is InChI=1S/C27H37ClN2O3S/c1-2-17-34(31,32)18-5-16-33-24-9-8-21-10-14-30(15-13-29)26(25(21)20-24)27(11-4-12-27)22-6-3-7-23(28)19-22/h3,6-9,19-20,26H,2,4-5,10-18,29H2,1H3. The average molecular weight is 505 g/mol. The van der Waals surface area contributed by atoms with Gasteiger partial charge in [-0.25, -0.2) is 8.42 Å². The van der Waals surface area contributed by atoms with E-state index >= 15 is 0 Å². The van der Waals surface area contributed by atoms with Crippen LogP contribution in [0.5, 0.6) is 5.75 Å². The number of hydrogen-bond acceptors (Lipinski definition) is 5. The Labute approximate surface area is 209 Å². The van der Waals surface area contributed by atoms with Crippen molar-refractivity contribution in [2.75, 3.05) is 37.7 Å². The maximum absolute atomic E-state index is 12.0. The molecule has 1 aliphatic carbocycles. The second-order valence-electron chi connectivity index (χ2n) is 9.71. The summed E-state index contributed by atoms with van der Waals surface area (Å²) in [5.41, 5.74) is 10.0. The van der Waals surface area contributed by atoms with Gasteiger partial charge in [-0.2, -0.15) is 0 Å². The molecule has 0 amide bonds. The number of benzene rings is 2. The Balaban J connectivity index is 1.60. The van der Waals surface area contributed by atoms with E-state index in [0.29, 0.717) is 26.0 Å². The molecular weight excluding hydrogens is 468 g/mol. The molecule has 1 aliphatic heterocycles. The molecule has 2 aliphatic rings. The van der Waals surface area contributed by atoms with Crippen molar-refractivity contribution in [2.45, 2.75) is 56.9 Å². The highest BCUT2D eigenvalue weighted by molar-refractivity contribution is 7.91. The summed E-state index contributed by atoms with van der Waals surface area (Å²) in [4.78, 5) is 2.55. The molecule has 1 atom stereocenters. The minimum absolute atomic E-state index is 0.0160. The Morgan fingerprint density at radius 2 is 2.00 bits per heavy atom. The fourth-order valence-corrected chi connectivity index (χ4v) is 7.32. The Bertz CT molecular complexity index is 1090. The number of nitrogens with two attached hydrogens (primary N) is 1. The number of sulfone groups is 1. The Morgan fingerprint density at radius 1 is 1.18 bits per heavy atom. The van der Waals surface area contributed by atoms with Crippen molar-refractivity contribution in [1.82, 2.24) is 4.90 Å². The number of fused-ring (bicyclic) bond motifs is 1. The Hall–Kier alpha value is -1.60. The van der Waals surface area contributed by atoms with E-state index in [4.69, 9.17) is 22.1 Å². The molecule has 0 saturated heterocycles. The zero-order valence-electron chi connectivity index (χ0n) is 20.1. The van der Waals surface area contributed by atoms with Crippen molar-refractivity contribution in [1.29, 1.82) is 0 Å². The lowest BCUT2D eigenvalue weighted by Crippen LogP contribution is -2.52. The molecule has 1 fully saturated rings. The second-order valence-corrected chi connectivity index (χ2v) is 12.5. The van der Waals surface area contributed by atoms with Crippen molar-refractivity contribution in [2.24, 2.45) is 5.73 Å². The van der Waals surface area contributed by atoms with E-state index in [1.54, 1.807) is 0 Å². The molecule has 7 heteroatoms. The first-order chi connectivity index (χ1) is 16.4. The molecule has 0 bridgehead atoms. The fourth-order valence-electron chi connectivity index (χ4n) is 5.75. The first-order valence-corrected chi connectivity index (χ1v) is 14.7. The van der Waals surface area contributed by atoms with Crippen LogP contribution in [0.1, 0.15) is 61.8 Å². The van der Waals surface area contributed by atoms with Crippen LogP contribution < -0.4 is 10.5 Å². The lowest BCUT2D eigenvalue weighted by atomic mass is 9.57. The van der Waals surface area contributed by atoms with Crippen molar-refractivity contribution in [3.8, 4) is 5.75 Å². The molecule has 2 aromatic rings. The number of hydrogen-bond donors (Lipinski definition) is 1. The third-order valence-corrected chi connectivity index (χ3v) is 9.59. The molecule has 1 unspecified atom stereocenters. The van der Waals surface area contributed by atoms with Gasteiger partial charge in [0.2, 0.25) is 0 Å². The Morgan fingerprint density at radius 3 is 2.68 bits per heavy atom. The van der Waals surface area contributed by atoms with E-state index in [1.165, 1.54) is 23.1 Å². The smallest absolute Gasteiger partial charge is 0.150 e. The van der Waals surface area contributed by atoms with Crippen LogP contribution in [0.4, 0.5) is 0 Å². The van der Waals surface area contributed by atoms with Gasteiger partial charge >= 0.3 is 0 Å². The third kappa shape index (κ3) is 5.46. The molecule has 1 heterocycles. The lowest BCUT2D eigenvalue weighted by molar-refractivity contribution is 0.0546. The van der Waals surface area contributed by atoms with Crippen molar-refractivity contribution < 1.29 is 13.2 Å². The van der Waals surface area contributed by atoms with Crippen molar-refractivity contribution in [3.05, 3.63) is 64.2 Å². The molecule has 2 aromatic carbocycles. The Kier molecular flexibility index (Phi) is 8.24. The van der Waals surface area contributed by atoms with E-state index in [2.05, 4.69) is 35.2 Å². The largest absolute Gasteiger partial charge is 0.494 e. The van der Waals surface area contributed by atoms with Crippen LogP contribution in [0.2, 0.25) is 5.02 Å². The minimum atomic E-state index is -2.98. The zero-order chi connectivity index (χ0) is 24.2. The van der Waals surface area contributed by atoms with Crippen LogP contribution in [0.15, 0.2) is 42.5 Å². The molecule has 0 radical (unpaired) electrons. The molecule has 34 heavy (non-hydrogen) atoms. The maximum Gasteiger partial charge on any atom is 0.150 e. The van der Waals surface area contributed by atoms with Crippen molar-refractivity contribution in [3.63, 3.8) is 0 Å². The third-order valence-electron chi connectivity index (χ3n) is 7.41. The highest BCUT2D eigenvalue weighted by atomic mass is 35.5. The van der Waals surface area contributed by atoms with Crippen LogP contribution in [-0.4, -0.2) is 51.1 Å². The van der Waals surface area contributed by atoms with Gasteiger partial charge in [0.15, 0.2) is 0 Å². The topological polar surface area (TPSA) is 72.6 Å². The van der Waals surface area contributed by atoms with E-state index in [9.17, 15) is 8.42 Å². The van der Waals surface area contributed by atoms with Crippen LogP contribution in [0, 0.1) is 0 Å². The summed E-state index contributed by atoms with van der Waals surface area (Å²) >= 11 is 6.42. The number of nitrogens with zero attached hydrogens (tertiary/aromatic N) is 1. The van der Waals surface area contributed by atoms with Gasteiger partial charge in [0.25, 0.3) is 0 Å². The molecule has 0 aromatic heterocycles. The molecular formula is C27H37ClN2O3S. The van der Waals surface area contributed by atoms with Gasteiger partial charge in [-0.1, -0.05) is 43.1 Å². The first kappa shape index (κ1) is 25.5. The minimum Gasteiger partial charge on any atom is -0.494 e.